The summed E-state index contributed by atoms with van der Waals surface area (Å²) in [6.45, 7) is 0. The maximum atomic E-state index is 7.22. The van der Waals surface area contributed by atoms with Gasteiger partial charge in [-0.3, -0.25) is 0 Å². The first-order chi connectivity index (χ1) is 14.1. The highest BCUT2D eigenvalue weighted by molar-refractivity contribution is 5.44. The van der Waals surface area contributed by atoms with Crippen molar-refractivity contribution in [2.24, 2.45) is 11.5 Å². The van der Waals surface area contributed by atoms with E-state index < -0.39 is 11.1 Å². The predicted octanol–water partition coefficient (Wildman–Crippen LogP) is 5.18. The van der Waals surface area contributed by atoms with Crippen LogP contribution in [-0.2, 0) is 11.1 Å². The maximum Gasteiger partial charge on any atom is 0.0689 e. The first kappa shape index (κ1) is 19.1. The Balaban J connectivity index is 1.91. The molecular weight excluding hydrogens is 352 g/mol. The molecule has 4 rings (SSSR count). The second-order valence-corrected chi connectivity index (χ2v) is 7.58. The van der Waals surface area contributed by atoms with E-state index in [1.807, 2.05) is 72.8 Å². The van der Waals surface area contributed by atoms with E-state index >= 15 is 0 Å². The van der Waals surface area contributed by atoms with E-state index in [0.29, 0.717) is 6.42 Å². The summed E-state index contributed by atoms with van der Waals surface area (Å²) in [6, 6.07) is 41.0. The summed E-state index contributed by atoms with van der Waals surface area (Å²) in [7, 11) is 0. The zero-order chi connectivity index (χ0) is 20.2. The number of nitrogens with two attached hydrogens (primary N) is 2. The molecule has 0 amide bonds. The van der Waals surface area contributed by atoms with Crippen LogP contribution in [0.2, 0.25) is 0 Å². The highest BCUT2D eigenvalue weighted by Crippen LogP contribution is 2.41. The molecule has 2 nitrogen and oxygen atoms in total. The van der Waals surface area contributed by atoms with Gasteiger partial charge in [0.15, 0.2) is 0 Å². The zero-order valence-corrected chi connectivity index (χ0v) is 16.4. The fourth-order valence-electron chi connectivity index (χ4n) is 4.12. The number of hydrogen-bond acceptors (Lipinski definition) is 2. The van der Waals surface area contributed by atoms with Crippen molar-refractivity contribution in [3.05, 3.63) is 144 Å². The van der Waals surface area contributed by atoms with Gasteiger partial charge in [0.1, 0.15) is 0 Å². The van der Waals surface area contributed by atoms with Crippen LogP contribution in [0.15, 0.2) is 121 Å². The standard InChI is InChI=1S/C27H26N2/c28-26(22-13-5-1-6-14-22,23-15-7-2-8-16-23)21-27(29,24-17-9-3-10-18-24)25-19-11-4-12-20-25/h1-20H,21,28-29H2. The SMILES string of the molecule is NC(CC(N)(c1ccccc1)c1ccccc1)(c1ccccc1)c1ccccc1. The number of rotatable bonds is 6. The summed E-state index contributed by atoms with van der Waals surface area (Å²) < 4.78 is 0. The maximum absolute atomic E-state index is 7.22. The van der Waals surface area contributed by atoms with Crippen LogP contribution in [-0.4, -0.2) is 0 Å². The summed E-state index contributed by atoms with van der Waals surface area (Å²) in [4.78, 5) is 0. The Labute approximate surface area is 172 Å². The number of hydrogen-bond donors (Lipinski definition) is 2. The predicted molar refractivity (Wildman–Crippen MR) is 120 cm³/mol. The van der Waals surface area contributed by atoms with Crippen LogP contribution in [0.5, 0.6) is 0 Å². The van der Waals surface area contributed by atoms with Crippen LogP contribution in [0.1, 0.15) is 28.7 Å². The van der Waals surface area contributed by atoms with E-state index in [9.17, 15) is 0 Å². The van der Waals surface area contributed by atoms with Crippen LogP contribution >= 0.6 is 0 Å². The molecule has 0 fully saturated rings. The van der Waals surface area contributed by atoms with Gasteiger partial charge in [-0.25, -0.2) is 0 Å². The lowest BCUT2D eigenvalue weighted by Gasteiger charge is -2.41. The van der Waals surface area contributed by atoms with Crippen LogP contribution in [0.25, 0.3) is 0 Å². The molecule has 4 aromatic carbocycles. The third-order valence-corrected chi connectivity index (χ3v) is 5.71. The molecule has 0 saturated heterocycles. The van der Waals surface area contributed by atoms with Gasteiger partial charge in [0.05, 0.1) is 11.1 Å². The van der Waals surface area contributed by atoms with Crippen molar-refractivity contribution in [1.29, 1.82) is 0 Å². The second kappa shape index (κ2) is 8.04. The smallest absolute Gasteiger partial charge is 0.0689 e. The third kappa shape index (κ3) is 3.73. The van der Waals surface area contributed by atoms with Crippen LogP contribution < -0.4 is 11.5 Å². The topological polar surface area (TPSA) is 52.0 Å². The van der Waals surface area contributed by atoms with Gasteiger partial charge in [-0.2, -0.15) is 0 Å². The molecule has 144 valence electrons. The molecule has 0 spiro atoms. The molecule has 0 heterocycles. The Morgan fingerprint density at radius 3 is 0.793 bits per heavy atom. The highest BCUT2D eigenvalue weighted by Gasteiger charge is 2.41. The first-order valence-corrected chi connectivity index (χ1v) is 9.93. The molecular formula is C27H26N2. The quantitative estimate of drug-likeness (QED) is 0.486. The first-order valence-electron chi connectivity index (χ1n) is 9.93. The van der Waals surface area contributed by atoms with Crippen LogP contribution in [0, 0.1) is 0 Å². The van der Waals surface area contributed by atoms with Gasteiger partial charge in [0.25, 0.3) is 0 Å². The lowest BCUT2D eigenvalue weighted by Crippen LogP contribution is -2.50. The minimum atomic E-state index is -0.747. The third-order valence-electron chi connectivity index (χ3n) is 5.71. The average molecular weight is 379 g/mol. The van der Waals surface area contributed by atoms with E-state index in [0.717, 1.165) is 22.3 Å². The molecule has 0 unspecified atom stereocenters. The molecule has 0 saturated carbocycles. The lowest BCUT2D eigenvalue weighted by atomic mass is 9.69. The van der Waals surface area contributed by atoms with Crippen LogP contribution in [0.4, 0.5) is 0 Å². The molecule has 0 atom stereocenters. The van der Waals surface area contributed by atoms with E-state index in [1.165, 1.54) is 0 Å². The van der Waals surface area contributed by atoms with Gasteiger partial charge in [0, 0.05) is 6.42 Å². The molecule has 4 aromatic rings. The lowest BCUT2D eigenvalue weighted by molar-refractivity contribution is 0.364. The van der Waals surface area contributed by atoms with Gasteiger partial charge in [0.2, 0.25) is 0 Å². The van der Waals surface area contributed by atoms with Crippen molar-refractivity contribution < 1.29 is 0 Å². The Morgan fingerprint density at radius 2 is 0.586 bits per heavy atom. The molecule has 0 aliphatic rings. The van der Waals surface area contributed by atoms with Gasteiger partial charge in [-0.05, 0) is 22.3 Å². The molecule has 0 aromatic heterocycles. The van der Waals surface area contributed by atoms with E-state index in [2.05, 4.69) is 48.5 Å². The molecule has 0 bridgehead atoms. The Kier molecular flexibility index (Phi) is 5.30. The van der Waals surface area contributed by atoms with Crippen molar-refractivity contribution in [2.75, 3.05) is 0 Å². The highest BCUT2D eigenvalue weighted by atomic mass is 14.8. The molecule has 29 heavy (non-hydrogen) atoms. The molecule has 0 aliphatic carbocycles. The molecule has 4 N–H and O–H groups in total. The molecule has 2 heteroatoms. The fourth-order valence-corrected chi connectivity index (χ4v) is 4.12. The van der Waals surface area contributed by atoms with E-state index in [4.69, 9.17) is 11.5 Å². The fraction of sp³-hybridized carbons (Fsp3) is 0.111. The van der Waals surface area contributed by atoms with Crippen molar-refractivity contribution >= 4 is 0 Å². The summed E-state index contributed by atoms with van der Waals surface area (Å²) in [5, 5.41) is 0. The summed E-state index contributed by atoms with van der Waals surface area (Å²) in [6.07, 6.45) is 0.530. The summed E-state index contributed by atoms with van der Waals surface area (Å²) in [5.41, 5.74) is 17.1. The van der Waals surface area contributed by atoms with Crippen molar-refractivity contribution in [3.8, 4) is 0 Å². The summed E-state index contributed by atoms with van der Waals surface area (Å²) >= 11 is 0. The molecule has 0 aliphatic heterocycles. The van der Waals surface area contributed by atoms with Crippen molar-refractivity contribution in [1.82, 2.24) is 0 Å². The van der Waals surface area contributed by atoms with E-state index in [-0.39, 0.29) is 0 Å². The zero-order valence-electron chi connectivity index (χ0n) is 16.4. The largest absolute Gasteiger partial charge is 0.318 e. The van der Waals surface area contributed by atoms with Crippen molar-refractivity contribution in [3.63, 3.8) is 0 Å². The average Bonchev–Trinajstić information content (AvgIpc) is 2.81. The van der Waals surface area contributed by atoms with Gasteiger partial charge in [-0.1, -0.05) is 121 Å². The van der Waals surface area contributed by atoms with Gasteiger partial charge < -0.3 is 11.5 Å². The minimum absolute atomic E-state index is 0.530. The monoisotopic (exact) mass is 378 g/mol. The minimum Gasteiger partial charge on any atom is -0.318 e. The van der Waals surface area contributed by atoms with Gasteiger partial charge >= 0.3 is 0 Å². The Hall–Kier alpha value is -3.20. The Bertz CT molecular complexity index is 863. The second-order valence-electron chi connectivity index (χ2n) is 7.58. The summed E-state index contributed by atoms with van der Waals surface area (Å²) in [5.74, 6) is 0. The number of benzene rings is 4. The molecule has 0 radical (unpaired) electrons. The Morgan fingerprint density at radius 1 is 0.379 bits per heavy atom. The van der Waals surface area contributed by atoms with Crippen LogP contribution in [0.3, 0.4) is 0 Å². The van der Waals surface area contributed by atoms with Gasteiger partial charge in [-0.15, -0.1) is 0 Å². The normalized spacial score (nSPS) is 11.9. The van der Waals surface area contributed by atoms with E-state index in [1.54, 1.807) is 0 Å². The van der Waals surface area contributed by atoms with Crippen molar-refractivity contribution in [2.45, 2.75) is 17.5 Å².